The molecule has 0 bridgehead atoms. The molecule has 18 nitrogen and oxygen atoms in total. The highest BCUT2D eigenvalue weighted by Crippen LogP contribution is 2.54. The number of sulfonamides is 2. The van der Waals surface area contributed by atoms with Gasteiger partial charge in [-0.2, -0.15) is 0 Å². The first kappa shape index (κ1) is 47.9. The lowest BCUT2D eigenvalue weighted by Crippen LogP contribution is -2.54. The molecule has 10 rings (SSSR count). The van der Waals surface area contributed by atoms with Crippen molar-refractivity contribution >= 4 is 54.0 Å². The van der Waals surface area contributed by atoms with Crippen LogP contribution in [0.2, 0.25) is 0 Å². The normalized spacial score (nSPS) is 23.9. The zero-order chi connectivity index (χ0) is 49.3. The van der Waals surface area contributed by atoms with Crippen molar-refractivity contribution < 1.29 is 41.1 Å². The van der Waals surface area contributed by atoms with E-state index in [4.69, 9.17) is 14.6 Å². The number of nitrogens with one attached hydrogen (secondary N) is 3. The second-order valence-electron chi connectivity index (χ2n) is 20.7. The fourth-order valence-corrected chi connectivity index (χ4v) is 13.3. The summed E-state index contributed by atoms with van der Waals surface area (Å²) >= 11 is 0. The molecule has 6 N–H and O–H groups in total. The highest BCUT2D eigenvalue weighted by molar-refractivity contribution is 7.90. The van der Waals surface area contributed by atoms with Gasteiger partial charge in [-0.25, -0.2) is 31.7 Å². The summed E-state index contributed by atoms with van der Waals surface area (Å²) in [6, 6.07) is 19.2. The van der Waals surface area contributed by atoms with Crippen LogP contribution in [0.3, 0.4) is 0 Å². The number of nitro benzene ring substituents is 1. The molecule has 4 fully saturated rings. The number of piperidine rings is 1. The second-order valence-corrected chi connectivity index (χ2v) is 23.8. The van der Waals surface area contributed by atoms with Gasteiger partial charge in [0, 0.05) is 60.6 Å². The molecule has 70 heavy (non-hydrogen) atoms. The number of hydrogen-bond donors (Lipinski definition) is 5. The standard InChI is InChI=1S/C50H60N8O10S2/c1-30(2)36-7-4-5-8-37(36)40-9-6-20-57(40)34-27-50(28-34)17-21-56(22-18-50)33-10-11-38(42(24-33)68-44-23-32-14-19-52-46(32)54-48(44)69(51,63)64)47(59)55-70(65,66)35-25-41(58(61)62)45-43(26-35)67-29-39(53-45)31-12-15-49(3,60)16-13-31/h4-5,7-8,10-11,14,19,23-26,30-31,34,39-40,53,60H,6,9,12-13,15-18,20-22,27-29H2,1-3H3,(H,52,54)(H,55,59)(H2,51,63,64)/t31-,39-,40-,49-/m1/s1. The Labute approximate surface area is 407 Å². The zero-order valence-electron chi connectivity index (χ0n) is 39.5. The molecule has 2 atom stereocenters. The number of pyridine rings is 1. The van der Waals surface area contributed by atoms with Crippen molar-refractivity contribution in [2.45, 2.75) is 125 Å². The van der Waals surface area contributed by atoms with Crippen LogP contribution in [0.4, 0.5) is 17.1 Å². The van der Waals surface area contributed by atoms with Crippen LogP contribution in [-0.2, 0) is 20.0 Å². The molecule has 2 saturated carbocycles. The largest absolute Gasteiger partial charge is 0.489 e. The van der Waals surface area contributed by atoms with Gasteiger partial charge >= 0.3 is 0 Å². The van der Waals surface area contributed by atoms with E-state index in [0.29, 0.717) is 67.8 Å². The van der Waals surface area contributed by atoms with Crippen LogP contribution in [-0.4, -0.2) is 91.6 Å². The van der Waals surface area contributed by atoms with Crippen LogP contribution in [0.1, 0.15) is 118 Å². The summed E-state index contributed by atoms with van der Waals surface area (Å²) in [6.07, 6.45) is 10.5. The quantitative estimate of drug-likeness (QED) is 0.0590. The van der Waals surface area contributed by atoms with E-state index in [0.717, 1.165) is 50.8 Å². The number of primary sulfonamides is 1. The van der Waals surface area contributed by atoms with Crippen molar-refractivity contribution in [3.8, 4) is 17.2 Å². The number of carbonyl (C=O) groups excluding carboxylic acids is 1. The van der Waals surface area contributed by atoms with Crippen molar-refractivity contribution in [2.24, 2.45) is 16.5 Å². The van der Waals surface area contributed by atoms with Crippen LogP contribution >= 0.6 is 0 Å². The number of likely N-dealkylation sites (tertiary alicyclic amines) is 1. The third-order valence-electron chi connectivity index (χ3n) is 15.6. The summed E-state index contributed by atoms with van der Waals surface area (Å²) in [5.41, 5.74) is 2.40. The van der Waals surface area contributed by atoms with E-state index in [9.17, 15) is 36.9 Å². The summed E-state index contributed by atoms with van der Waals surface area (Å²) < 4.78 is 68.2. The number of hydrogen-bond acceptors (Lipinski definition) is 14. The smallest absolute Gasteiger partial charge is 0.297 e. The molecular formula is C50H60N8O10S2. The number of H-pyrrole nitrogens is 1. The van der Waals surface area contributed by atoms with Crippen molar-refractivity contribution in [1.29, 1.82) is 0 Å². The lowest BCUT2D eigenvalue weighted by molar-refractivity contribution is -0.384. The van der Waals surface area contributed by atoms with Gasteiger partial charge in [0.1, 0.15) is 18.0 Å². The third-order valence-corrected chi connectivity index (χ3v) is 17.8. The van der Waals surface area contributed by atoms with Crippen molar-refractivity contribution in [1.82, 2.24) is 19.6 Å². The van der Waals surface area contributed by atoms with Crippen LogP contribution in [0.5, 0.6) is 17.2 Å². The number of benzene rings is 3. The summed E-state index contributed by atoms with van der Waals surface area (Å²) in [5, 5.41) is 31.6. The molecule has 20 heteroatoms. The molecule has 2 aliphatic carbocycles. The number of aromatic nitrogens is 2. The number of nitrogens with two attached hydrogens (primary N) is 1. The number of fused-ring (bicyclic) bond motifs is 2. The van der Waals surface area contributed by atoms with Gasteiger partial charge in [0.2, 0.25) is 5.03 Å². The predicted octanol–water partition coefficient (Wildman–Crippen LogP) is 7.85. The fourth-order valence-electron chi connectivity index (χ4n) is 11.7. The number of ether oxygens (including phenoxy) is 2. The van der Waals surface area contributed by atoms with Gasteiger partial charge in [0.15, 0.2) is 17.2 Å². The van der Waals surface area contributed by atoms with Crippen LogP contribution < -0.4 is 29.6 Å². The molecule has 0 unspecified atom stereocenters. The number of carbonyl (C=O) groups is 1. The Balaban J connectivity index is 0.895. The number of aliphatic hydroxyl groups is 1. The van der Waals surface area contributed by atoms with E-state index in [-0.39, 0.29) is 58.1 Å². The average molecular weight is 997 g/mol. The average Bonchev–Trinajstić information content (AvgIpc) is 3.99. The number of nitrogens with zero attached hydrogens (tertiary/aromatic N) is 4. The van der Waals surface area contributed by atoms with Gasteiger partial charge in [-0.3, -0.25) is 19.8 Å². The summed E-state index contributed by atoms with van der Waals surface area (Å²) in [5.74, 6) is -1.15. The highest BCUT2D eigenvalue weighted by atomic mass is 32.2. The summed E-state index contributed by atoms with van der Waals surface area (Å²) in [6.45, 7) is 8.93. The highest BCUT2D eigenvalue weighted by Gasteiger charge is 2.50. The number of nitro groups is 1. The number of rotatable bonds is 12. The van der Waals surface area contributed by atoms with Gasteiger partial charge in [-0.1, -0.05) is 38.1 Å². The molecule has 1 amide bonds. The van der Waals surface area contributed by atoms with Gasteiger partial charge < -0.3 is 29.8 Å². The second kappa shape index (κ2) is 18.1. The minimum atomic E-state index is -4.80. The lowest BCUT2D eigenvalue weighted by atomic mass is 9.59. The Morgan fingerprint density at radius 3 is 2.44 bits per heavy atom. The molecule has 5 heterocycles. The third kappa shape index (κ3) is 9.31. The predicted molar refractivity (Wildman–Crippen MR) is 263 cm³/mol. The number of anilines is 2. The van der Waals surface area contributed by atoms with Crippen LogP contribution in [0.25, 0.3) is 11.0 Å². The maximum Gasteiger partial charge on any atom is 0.297 e. The molecule has 3 aromatic carbocycles. The van der Waals surface area contributed by atoms with Crippen molar-refractivity contribution in [2.75, 3.05) is 36.5 Å². The number of amides is 1. The first-order valence-corrected chi connectivity index (χ1v) is 27.2. The molecule has 5 aromatic rings. The van der Waals surface area contributed by atoms with E-state index in [2.05, 4.69) is 67.9 Å². The molecule has 0 radical (unpaired) electrons. The maximum atomic E-state index is 14.2. The lowest BCUT2D eigenvalue weighted by Gasteiger charge is -2.56. The Morgan fingerprint density at radius 1 is 0.986 bits per heavy atom. The van der Waals surface area contributed by atoms with E-state index >= 15 is 0 Å². The van der Waals surface area contributed by atoms with Gasteiger partial charge in [-0.15, -0.1) is 0 Å². The van der Waals surface area contributed by atoms with E-state index in [1.807, 2.05) is 0 Å². The molecule has 1 spiro atoms. The minimum absolute atomic E-state index is 0.0260. The van der Waals surface area contributed by atoms with Gasteiger partial charge in [0.25, 0.3) is 31.6 Å². The fraction of sp³-hybridized carbons (Fsp3) is 0.480. The van der Waals surface area contributed by atoms with Crippen molar-refractivity contribution in [3.63, 3.8) is 0 Å². The van der Waals surface area contributed by atoms with E-state index in [1.54, 1.807) is 31.3 Å². The Morgan fingerprint density at radius 2 is 1.73 bits per heavy atom. The molecule has 372 valence electrons. The monoisotopic (exact) mass is 996 g/mol. The SMILES string of the molecule is CC(C)c1ccccc1[C@H]1CCCN1C1CC2(CCN(c3ccc(C(=O)NS(=O)(=O)c4cc5c(c([N+](=O)[O-])c4)N[C@@H]([C@H]4CC[C@](C)(O)CC4)CO5)c(Oc4cc5cc[nH]c5nc4S(N)(=O)=O)c3)CC2)C1. The minimum Gasteiger partial charge on any atom is -0.489 e. The van der Waals surface area contributed by atoms with E-state index in [1.165, 1.54) is 29.7 Å². The van der Waals surface area contributed by atoms with Gasteiger partial charge in [0.05, 0.1) is 27.0 Å². The zero-order valence-corrected chi connectivity index (χ0v) is 41.2. The van der Waals surface area contributed by atoms with Crippen molar-refractivity contribution in [3.05, 3.63) is 99.7 Å². The topological polar surface area (TPSA) is 252 Å². The summed E-state index contributed by atoms with van der Waals surface area (Å²) in [7, 11) is -9.28. The van der Waals surface area contributed by atoms with E-state index < -0.39 is 52.1 Å². The van der Waals surface area contributed by atoms with Crippen LogP contribution in [0.15, 0.2) is 82.8 Å². The Bertz CT molecular complexity index is 3080. The molecule has 2 aromatic heterocycles. The Hall–Kier alpha value is -5.80. The molecule has 5 aliphatic rings. The number of aromatic amines is 1. The van der Waals surface area contributed by atoms with Crippen LogP contribution in [0, 0.1) is 21.4 Å². The molecular weight excluding hydrogens is 937 g/mol. The first-order valence-electron chi connectivity index (χ1n) is 24.2. The molecule has 3 aliphatic heterocycles. The van der Waals surface area contributed by atoms with Gasteiger partial charge in [-0.05, 0) is 130 Å². The Kier molecular flexibility index (Phi) is 12.4. The maximum absolute atomic E-state index is 14.2. The first-order chi connectivity index (χ1) is 33.3. The summed E-state index contributed by atoms with van der Waals surface area (Å²) in [4.78, 5) is 37.4. The molecule has 2 saturated heterocycles.